The van der Waals surface area contributed by atoms with Gasteiger partial charge in [-0.2, -0.15) is 0 Å². The molecule has 0 heterocycles. The zero-order valence-electron chi connectivity index (χ0n) is 18.0. The summed E-state index contributed by atoms with van der Waals surface area (Å²) in [5, 5.41) is 2.54. The van der Waals surface area contributed by atoms with Crippen LogP contribution in [-0.2, 0) is 4.46 Å². The molecule has 0 N–H and O–H groups in total. The number of hydrogen-bond acceptors (Lipinski definition) is 1. The summed E-state index contributed by atoms with van der Waals surface area (Å²) in [6.07, 6.45) is 2.31. The molecular weight excluding hydrogens is 370 g/mol. The summed E-state index contributed by atoms with van der Waals surface area (Å²) >= 11 is 0. The Morgan fingerprint density at radius 2 is 1.59 bits per heavy atom. The van der Waals surface area contributed by atoms with E-state index in [1.807, 2.05) is 7.05 Å². The van der Waals surface area contributed by atoms with Gasteiger partial charge in [-0.05, 0) is 60.7 Å². The topological polar surface area (TPSA) is 20.3 Å². The van der Waals surface area contributed by atoms with Crippen molar-refractivity contribution in [2.45, 2.75) is 45.2 Å². The van der Waals surface area contributed by atoms with Gasteiger partial charge in [0.15, 0.2) is 0 Å². The van der Waals surface area contributed by atoms with E-state index in [0.29, 0.717) is 6.04 Å². The molecule has 0 amide bonds. The minimum absolute atomic E-state index is 0.0834. The van der Waals surface area contributed by atoms with Crippen LogP contribution in [0.25, 0.3) is 28.0 Å². The van der Waals surface area contributed by atoms with Crippen LogP contribution in [0.1, 0.15) is 44.7 Å². The number of benzene rings is 3. The van der Waals surface area contributed by atoms with Crippen molar-refractivity contribution < 1.29 is 4.46 Å². The van der Waals surface area contributed by atoms with Crippen molar-refractivity contribution in [3.63, 3.8) is 0 Å². The lowest BCUT2D eigenvalue weighted by Crippen LogP contribution is -2.44. The van der Waals surface area contributed by atoms with Gasteiger partial charge in [-0.25, -0.2) is 0 Å². The summed E-state index contributed by atoms with van der Waals surface area (Å²) in [6, 6.07) is 22.4. The molecule has 148 valence electrons. The number of rotatable bonds is 4. The second kappa shape index (κ2) is 7.38. The zero-order chi connectivity index (χ0) is 20.8. The molecule has 4 rings (SSSR count). The fourth-order valence-corrected chi connectivity index (χ4v) is 6.19. The van der Waals surface area contributed by atoms with Gasteiger partial charge in [0.25, 0.3) is 0 Å². The highest BCUT2D eigenvalue weighted by Crippen LogP contribution is 2.44. The van der Waals surface area contributed by atoms with Crippen LogP contribution >= 0.6 is 0 Å². The molecule has 1 aliphatic rings. The molecule has 0 spiro atoms. The summed E-state index contributed by atoms with van der Waals surface area (Å²) in [4.78, 5) is 0. The van der Waals surface area contributed by atoms with Crippen LogP contribution in [0.5, 0.6) is 0 Å². The second-order valence-electron chi connectivity index (χ2n) is 9.10. The third-order valence-corrected chi connectivity index (χ3v) is 8.45. The van der Waals surface area contributed by atoms with Gasteiger partial charge >= 0.3 is 8.84 Å². The monoisotopic (exact) mass is 399 g/mol. The first-order chi connectivity index (χ1) is 13.8. The van der Waals surface area contributed by atoms with E-state index >= 15 is 0 Å². The smallest absolute Gasteiger partial charge is 0.375 e. The van der Waals surface area contributed by atoms with Crippen molar-refractivity contribution in [3.8, 4) is 11.1 Å². The van der Waals surface area contributed by atoms with E-state index in [0.717, 1.165) is 0 Å². The van der Waals surface area contributed by atoms with E-state index in [2.05, 4.69) is 99.0 Å². The predicted molar refractivity (Wildman–Crippen MR) is 125 cm³/mol. The molecule has 0 fully saturated rings. The molecule has 1 unspecified atom stereocenters. The van der Waals surface area contributed by atoms with Gasteiger partial charge in [0.2, 0.25) is 0 Å². The Bertz CT molecular complexity index is 1120. The number of hydrogen-bond donors (Lipinski definition) is 0. The van der Waals surface area contributed by atoms with Gasteiger partial charge in [-0.3, -0.25) is 0 Å². The number of allylic oxidation sites excluding steroid dienone is 1. The second-order valence-corrected chi connectivity index (χ2v) is 11.0. The SMILES string of the molecule is CC1=Cc2c(-c3cccc4ccccc34)cccc2C1C[Si](=O)N(C)C(C)(C)C. The van der Waals surface area contributed by atoms with Crippen molar-refractivity contribution in [3.05, 3.63) is 77.4 Å². The van der Waals surface area contributed by atoms with Crippen LogP contribution in [0.3, 0.4) is 0 Å². The molecule has 0 bridgehead atoms. The molecule has 2 nitrogen and oxygen atoms in total. The summed E-state index contributed by atoms with van der Waals surface area (Å²) < 4.78 is 15.2. The Morgan fingerprint density at radius 1 is 0.931 bits per heavy atom. The zero-order valence-corrected chi connectivity index (χ0v) is 19.0. The van der Waals surface area contributed by atoms with Crippen LogP contribution in [0.4, 0.5) is 0 Å². The average Bonchev–Trinajstić information content (AvgIpc) is 3.01. The van der Waals surface area contributed by atoms with Crippen LogP contribution in [0.15, 0.2) is 66.2 Å². The maximum atomic E-state index is 13.1. The van der Waals surface area contributed by atoms with E-state index in [4.69, 9.17) is 0 Å². The summed E-state index contributed by atoms with van der Waals surface area (Å²) in [6.45, 7) is 8.56. The van der Waals surface area contributed by atoms with Crippen molar-refractivity contribution in [2.24, 2.45) is 0 Å². The molecule has 1 atom stereocenters. The maximum absolute atomic E-state index is 13.1. The molecule has 0 radical (unpaired) electrons. The van der Waals surface area contributed by atoms with Gasteiger partial charge in [-0.15, -0.1) is 0 Å². The first-order valence-electron chi connectivity index (χ1n) is 10.3. The molecule has 1 aliphatic carbocycles. The average molecular weight is 400 g/mol. The van der Waals surface area contributed by atoms with E-state index in [9.17, 15) is 4.46 Å². The molecular formula is C26H29NOSi. The number of nitrogens with zero attached hydrogens (tertiary/aromatic N) is 1. The summed E-state index contributed by atoms with van der Waals surface area (Å²) in [5.41, 5.74) is 6.37. The molecule has 0 aromatic heterocycles. The summed E-state index contributed by atoms with van der Waals surface area (Å²) in [7, 11) is 0.139. The first kappa shape index (κ1) is 19.8. The fraction of sp³-hybridized carbons (Fsp3) is 0.308. The van der Waals surface area contributed by atoms with Gasteiger partial charge in [0.1, 0.15) is 0 Å². The lowest BCUT2D eigenvalue weighted by molar-refractivity contribution is 0.273. The van der Waals surface area contributed by atoms with E-state index < -0.39 is 8.84 Å². The standard InChI is InChI=1S/C26H29NOSi/c1-18-16-24-22(21-13-8-11-19-10-6-7-12-20(19)21)14-9-15-23(24)25(18)17-29(28)27(5)26(2,3)4/h6-16,25H,17H2,1-5H3. The Kier molecular flexibility index (Phi) is 5.03. The molecule has 3 heteroatoms. The molecule has 0 saturated heterocycles. The number of fused-ring (bicyclic) bond motifs is 2. The normalized spacial score (nSPS) is 15.9. The minimum Gasteiger partial charge on any atom is -0.375 e. The lowest BCUT2D eigenvalue weighted by Gasteiger charge is -2.33. The molecule has 0 aliphatic heterocycles. The Labute approximate surface area is 175 Å². The van der Waals surface area contributed by atoms with Crippen molar-refractivity contribution >= 4 is 25.7 Å². The maximum Gasteiger partial charge on any atom is 0.395 e. The molecule has 0 saturated carbocycles. The van der Waals surface area contributed by atoms with Crippen molar-refractivity contribution in [1.29, 1.82) is 0 Å². The fourth-order valence-electron chi connectivity index (χ4n) is 4.27. The molecule has 3 aromatic carbocycles. The van der Waals surface area contributed by atoms with Crippen LogP contribution in [0.2, 0.25) is 6.04 Å². The first-order valence-corrected chi connectivity index (χ1v) is 11.9. The van der Waals surface area contributed by atoms with E-state index in [1.54, 1.807) is 0 Å². The molecule has 29 heavy (non-hydrogen) atoms. The minimum atomic E-state index is -1.85. The van der Waals surface area contributed by atoms with Crippen molar-refractivity contribution in [2.75, 3.05) is 7.05 Å². The van der Waals surface area contributed by atoms with E-state index in [-0.39, 0.29) is 11.5 Å². The van der Waals surface area contributed by atoms with Gasteiger partial charge in [0.05, 0.1) is 0 Å². The van der Waals surface area contributed by atoms with Crippen LogP contribution < -0.4 is 0 Å². The van der Waals surface area contributed by atoms with Gasteiger partial charge in [0, 0.05) is 24.5 Å². The Balaban J connectivity index is 1.76. The van der Waals surface area contributed by atoms with Crippen LogP contribution in [-0.4, -0.2) is 26.0 Å². The van der Waals surface area contributed by atoms with Crippen LogP contribution in [0, 0.1) is 0 Å². The third kappa shape index (κ3) is 3.60. The Hall–Kier alpha value is -2.52. The van der Waals surface area contributed by atoms with Crippen molar-refractivity contribution in [1.82, 2.24) is 4.57 Å². The predicted octanol–water partition coefficient (Wildman–Crippen LogP) is 6.66. The highest BCUT2D eigenvalue weighted by molar-refractivity contribution is 6.40. The summed E-state index contributed by atoms with van der Waals surface area (Å²) in [5.74, 6) is 0.233. The van der Waals surface area contributed by atoms with E-state index in [1.165, 1.54) is 38.6 Å². The largest absolute Gasteiger partial charge is 0.395 e. The molecule has 3 aromatic rings. The van der Waals surface area contributed by atoms with Gasteiger partial charge < -0.3 is 9.03 Å². The van der Waals surface area contributed by atoms with Gasteiger partial charge in [-0.1, -0.05) is 72.3 Å². The highest BCUT2D eigenvalue weighted by Gasteiger charge is 2.31. The third-order valence-electron chi connectivity index (χ3n) is 6.28. The highest BCUT2D eigenvalue weighted by atomic mass is 28.3. The quantitative estimate of drug-likeness (QED) is 0.457. The lowest BCUT2D eigenvalue weighted by atomic mass is 9.91. The Morgan fingerprint density at radius 3 is 2.34 bits per heavy atom.